The van der Waals surface area contributed by atoms with E-state index in [-0.39, 0.29) is 24.2 Å². The van der Waals surface area contributed by atoms with E-state index in [0.717, 1.165) is 5.56 Å². The predicted octanol–water partition coefficient (Wildman–Crippen LogP) is 1.30. The first-order chi connectivity index (χ1) is 11.5. The molecule has 24 heavy (non-hydrogen) atoms. The Kier molecular flexibility index (Phi) is 4.84. The predicted molar refractivity (Wildman–Crippen MR) is 88.6 cm³/mol. The van der Waals surface area contributed by atoms with Crippen molar-refractivity contribution in [1.82, 2.24) is 19.8 Å². The number of thioether (sulfide) groups is 1. The van der Waals surface area contributed by atoms with Crippen LogP contribution in [0.2, 0.25) is 0 Å². The van der Waals surface area contributed by atoms with Crippen molar-refractivity contribution >= 4 is 23.6 Å². The second-order valence-electron chi connectivity index (χ2n) is 5.52. The maximum Gasteiger partial charge on any atom is 0.240 e. The Balaban J connectivity index is 1.80. The number of hydrogen-bond acceptors (Lipinski definition) is 4. The molecule has 1 aromatic carbocycles. The van der Waals surface area contributed by atoms with Crippen LogP contribution in [0.4, 0.5) is 4.39 Å². The lowest BCUT2D eigenvalue weighted by atomic mass is 10.1. The molecule has 1 N–H and O–H groups in total. The third-order valence-corrected chi connectivity index (χ3v) is 4.73. The van der Waals surface area contributed by atoms with Gasteiger partial charge in [-0.2, -0.15) is 0 Å². The topological polar surface area (TPSA) is 67.2 Å². The number of aromatic nitrogens is 2. The number of carbonyl (C=O) groups excluding carboxylic acids is 2. The molecular weight excluding hydrogens is 331 g/mol. The van der Waals surface area contributed by atoms with Crippen LogP contribution >= 0.6 is 11.8 Å². The van der Waals surface area contributed by atoms with E-state index in [2.05, 4.69) is 10.3 Å². The SMILES string of the molecule is Cn1ccnc1C(NC(=O)CN1CSCC1=O)c1ccc(F)cc1. The van der Waals surface area contributed by atoms with Gasteiger partial charge in [0.25, 0.3) is 0 Å². The first kappa shape index (κ1) is 16.5. The number of benzene rings is 1. The molecule has 1 fully saturated rings. The van der Waals surface area contributed by atoms with E-state index in [4.69, 9.17) is 0 Å². The molecule has 0 radical (unpaired) electrons. The molecule has 2 aromatic rings. The van der Waals surface area contributed by atoms with Gasteiger partial charge in [-0.15, -0.1) is 11.8 Å². The van der Waals surface area contributed by atoms with Gasteiger partial charge in [0.05, 0.1) is 11.6 Å². The molecule has 0 saturated carbocycles. The molecule has 126 valence electrons. The van der Waals surface area contributed by atoms with E-state index in [9.17, 15) is 14.0 Å². The van der Waals surface area contributed by atoms with Gasteiger partial charge in [-0.3, -0.25) is 9.59 Å². The molecule has 1 aromatic heterocycles. The Labute approximate surface area is 143 Å². The fourth-order valence-electron chi connectivity index (χ4n) is 2.53. The van der Waals surface area contributed by atoms with Gasteiger partial charge in [-0.05, 0) is 17.7 Å². The van der Waals surface area contributed by atoms with Gasteiger partial charge in [-0.25, -0.2) is 9.37 Å². The zero-order valence-corrected chi connectivity index (χ0v) is 13.9. The number of nitrogens with zero attached hydrogens (tertiary/aromatic N) is 3. The van der Waals surface area contributed by atoms with Gasteiger partial charge < -0.3 is 14.8 Å². The standard InChI is InChI=1S/C16H17FN4O2S/c1-20-7-6-18-16(20)15(11-2-4-12(17)5-3-11)19-13(22)8-21-10-24-9-14(21)23/h2-7,15H,8-10H2,1H3,(H,19,22). The van der Waals surface area contributed by atoms with Crippen LogP contribution in [0.3, 0.4) is 0 Å². The highest BCUT2D eigenvalue weighted by Gasteiger charge is 2.26. The Morgan fingerprint density at radius 3 is 2.75 bits per heavy atom. The largest absolute Gasteiger partial charge is 0.341 e. The molecule has 2 heterocycles. The van der Waals surface area contributed by atoms with Crippen LogP contribution in [0, 0.1) is 5.82 Å². The molecule has 1 atom stereocenters. The first-order valence-corrected chi connectivity index (χ1v) is 8.57. The van der Waals surface area contributed by atoms with Gasteiger partial charge >= 0.3 is 0 Å². The lowest BCUT2D eigenvalue weighted by Gasteiger charge is -2.21. The maximum absolute atomic E-state index is 13.2. The lowest BCUT2D eigenvalue weighted by molar-refractivity contribution is -0.132. The summed E-state index contributed by atoms with van der Waals surface area (Å²) in [7, 11) is 1.83. The van der Waals surface area contributed by atoms with Gasteiger partial charge in [0, 0.05) is 19.4 Å². The second kappa shape index (κ2) is 7.04. The molecule has 8 heteroatoms. The van der Waals surface area contributed by atoms with E-state index in [1.807, 2.05) is 7.05 Å². The smallest absolute Gasteiger partial charge is 0.240 e. The summed E-state index contributed by atoms with van der Waals surface area (Å²) in [5, 5.41) is 2.90. The van der Waals surface area contributed by atoms with Crippen molar-refractivity contribution in [1.29, 1.82) is 0 Å². The molecule has 0 spiro atoms. The van der Waals surface area contributed by atoms with Crippen molar-refractivity contribution in [2.45, 2.75) is 6.04 Å². The van der Waals surface area contributed by atoms with Crippen LogP contribution in [-0.4, -0.2) is 44.4 Å². The number of aryl methyl sites for hydroxylation is 1. The van der Waals surface area contributed by atoms with Crippen molar-refractivity contribution < 1.29 is 14.0 Å². The minimum absolute atomic E-state index is 0.00789. The van der Waals surface area contributed by atoms with Crippen LogP contribution in [0.25, 0.3) is 0 Å². The highest BCUT2D eigenvalue weighted by atomic mass is 32.2. The van der Waals surface area contributed by atoms with Crippen LogP contribution in [0.1, 0.15) is 17.4 Å². The fourth-order valence-corrected chi connectivity index (χ4v) is 3.43. The highest BCUT2D eigenvalue weighted by Crippen LogP contribution is 2.21. The number of amides is 2. The lowest BCUT2D eigenvalue weighted by Crippen LogP contribution is -2.40. The van der Waals surface area contributed by atoms with Crippen molar-refractivity contribution in [2.24, 2.45) is 7.05 Å². The van der Waals surface area contributed by atoms with E-state index in [1.165, 1.54) is 28.8 Å². The van der Waals surface area contributed by atoms with Gasteiger partial charge in [0.1, 0.15) is 24.2 Å². The van der Waals surface area contributed by atoms with Gasteiger partial charge in [-0.1, -0.05) is 12.1 Å². The van der Waals surface area contributed by atoms with Gasteiger partial charge in [0.2, 0.25) is 11.8 Å². The number of hydrogen-bond donors (Lipinski definition) is 1. The quantitative estimate of drug-likeness (QED) is 0.884. The molecule has 0 aliphatic carbocycles. The number of nitrogens with one attached hydrogen (secondary N) is 1. The number of imidazole rings is 1. The Hall–Kier alpha value is -2.35. The minimum atomic E-state index is -0.511. The average molecular weight is 348 g/mol. The second-order valence-corrected chi connectivity index (χ2v) is 6.47. The zero-order chi connectivity index (χ0) is 17.1. The maximum atomic E-state index is 13.2. The summed E-state index contributed by atoms with van der Waals surface area (Å²) in [5.41, 5.74) is 0.723. The van der Waals surface area contributed by atoms with Crippen LogP contribution in [-0.2, 0) is 16.6 Å². The number of carbonyl (C=O) groups is 2. The van der Waals surface area contributed by atoms with Crippen molar-refractivity contribution in [3.8, 4) is 0 Å². The van der Waals surface area contributed by atoms with E-state index in [0.29, 0.717) is 17.5 Å². The summed E-state index contributed by atoms with van der Waals surface area (Å²) >= 11 is 1.49. The van der Waals surface area contributed by atoms with Crippen LogP contribution in [0.15, 0.2) is 36.7 Å². The Morgan fingerprint density at radius 1 is 1.42 bits per heavy atom. The summed E-state index contributed by atoms with van der Waals surface area (Å²) in [6.45, 7) is 0.00789. The monoisotopic (exact) mass is 348 g/mol. The normalized spacial score (nSPS) is 15.6. The number of rotatable bonds is 5. The molecule has 2 amide bonds. The Bertz CT molecular complexity index is 747. The van der Waals surface area contributed by atoms with Crippen molar-refractivity contribution in [3.05, 3.63) is 53.9 Å². The number of halogens is 1. The zero-order valence-electron chi connectivity index (χ0n) is 13.1. The highest BCUT2D eigenvalue weighted by molar-refractivity contribution is 8.00. The van der Waals surface area contributed by atoms with Crippen molar-refractivity contribution in [3.63, 3.8) is 0 Å². The first-order valence-electron chi connectivity index (χ1n) is 7.42. The third-order valence-electron chi connectivity index (χ3n) is 3.79. The summed E-state index contributed by atoms with van der Waals surface area (Å²) in [6, 6.07) is 5.41. The summed E-state index contributed by atoms with van der Waals surface area (Å²) in [4.78, 5) is 29.8. The summed E-state index contributed by atoms with van der Waals surface area (Å²) in [5.74, 6) is 0.915. The Morgan fingerprint density at radius 2 is 2.17 bits per heavy atom. The van der Waals surface area contributed by atoms with E-state index >= 15 is 0 Å². The molecule has 6 nitrogen and oxygen atoms in total. The molecule has 0 bridgehead atoms. The van der Waals surface area contributed by atoms with E-state index in [1.54, 1.807) is 29.1 Å². The molecule has 1 unspecified atom stereocenters. The van der Waals surface area contributed by atoms with Crippen LogP contribution < -0.4 is 5.32 Å². The molecule has 3 rings (SSSR count). The molecular formula is C16H17FN4O2S. The minimum Gasteiger partial charge on any atom is -0.341 e. The summed E-state index contributed by atoms with van der Waals surface area (Å²) < 4.78 is 15.0. The van der Waals surface area contributed by atoms with Gasteiger partial charge in [0.15, 0.2) is 0 Å². The third kappa shape index (κ3) is 3.59. The van der Waals surface area contributed by atoms with Crippen molar-refractivity contribution in [2.75, 3.05) is 18.2 Å². The van der Waals surface area contributed by atoms with E-state index < -0.39 is 6.04 Å². The molecule has 1 saturated heterocycles. The van der Waals surface area contributed by atoms with Crippen LogP contribution in [0.5, 0.6) is 0 Å². The molecule has 1 aliphatic rings. The summed E-state index contributed by atoms with van der Waals surface area (Å²) in [6.07, 6.45) is 3.41. The molecule has 1 aliphatic heterocycles. The fraction of sp³-hybridized carbons (Fsp3) is 0.312. The average Bonchev–Trinajstić information content (AvgIpc) is 3.15.